The molecule has 1 fully saturated rings. The predicted octanol–water partition coefficient (Wildman–Crippen LogP) is 3.65. The van der Waals surface area contributed by atoms with E-state index in [0.29, 0.717) is 35.6 Å². The zero-order chi connectivity index (χ0) is 21.1. The molecule has 1 saturated carbocycles. The van der Waals surface area contributed by atoms with E-state index in [4.69, 9.17) is 4.42 Å². The van der Waals surface area contributed by atoms with Crippen molar-refractivity contribution in [3.05, 3.63) is 71.2 Å². The molecule has 0 aromatic carbocycles. The van der Waals surface area contributed by atoms with Gasteiger partial charge in [-0.2, -0.15) is 5.10 Å². The summed E-state index contributed by atoms with van der Waals surface area (Å²) in [5.41, 5.74) is 3.05. The molecule has 8 nitrogen and oxygen atoms in total. The summed E-state index contributed by atoms with van der Waals surface area (Å²) in [6.07, 6.45) is 2.79. The Morgan fingerprint density at radius 2 is 2.10 bits per heavy atom. The zero-order valence-electron chi connectivity index (χ0n) is 16.3. The highest BCUT2D eigenvalue weighted by atomic mass is 19.3. The lowest BCUT2D eigenvalue weighted by Crippen LogP contribution is -2.41. The Morgan fingerprint density at radius 1 is 1.23 bits per heavy atom. The molecule has 0 radical (unpaired) electrons. The van der Waals surface area contributed by atoms with Crippen LogP contribution in [0.15, 0.2) is 41.4 Å². The van der Waals surface area contributed by atoms with Crippen LogP contribution in [0, 0.1) is 0 Å². The van der Waals surface area contributed by atoms with Crippen LogP contribution >= 0.6 is 0 Å². The second kappa shape index (κ2) is 6.73. The van der Waals surface area contributed by atoms with Gasteiger partial charge in [-0.15, -0.1) is 0 Å². The normalized spacial score (nSPS) is 18.7. The molecule has 1 amide bonds. The third-order valence-electron chi connectivity index (χ3n) is 5.98. The first-order valence-electron chi connectivity index (χ1n) is 10.1. The van der Waals surface area contributed by atoms with Crippen LogP contribution in [0.2, 0.25) is 0 Å². The Labute approximate surface area is 174 Å². The standard InChI is InChI=1S/C21H18F2N6O2/c22-20(23)15-3-1-2-12-8-14(27-29(12)15)18-17-13(24-9-25-17)6-7-28(18)21(30)19-16(11-4-5-11)26-10-31-19/h1-3,8-11,18,20H,4-7H2,(H,24,25)/t18-/m0/s1. The number of oxazole rings is 1. The maximum atomic E-state index is 13.5. The van der Waals surface area contributed by atoms with E-state index in [9.17, 15) is 13.6 Å². The first-order valence-corrected chi connectivity index (χ1v) is 10.1. The Bertz CT molecular complexity index is 1290. The molecule has 1 aliphatic heterocycles. The number of aromatic amines is 1. The number of nitrogens with zero attached hydrogens (tertiary/aromatic N) is 5. The summed E-state index contributed by atoms with van der Waals surface area (Å²) in [7, 11) is 0. The molecular weight excluding hydrogens is 406 g/mol. The number of hydrogen-bond donors (Lipinski definition) is 1. The number of fused-ring (bicyclic) bond motifs is 2. The number of aromatic nitrogens is 5. The van der Waals surface area contributed by atoms with Gasteiger partial charge in [-0.3, -0.25) is 4.79 Å². The number of nitrogens with one attached hydrogen (secondary N) is 1. The quantitative estimate of drug-likeness (QED) is 0.540. The Kier molecular flexibility index (Phi) is 3.95. The topological polar surface area (TPSA) is 92.3 Å². The number of H-pyrrole nitrogens is 1. The molecule has 1 atom stereocenters. The maximum absolute atomic E-state index is 13.5. The summed E-state index contributed by atoms with van der Waals surface area (Å²) < 4.78 is 33.7. The third kappa shape index (κ3) is 2.85. The lowest BCUT2D eigenvalue weighted by Gasteiger charge is -2.33. The zero-order valence-corrected chi connectivity index (χ0v) is 16.3. The molecular formula is C21H18F2N6O2. The average molecular weight is 424 g/mol. The molecule has 4 aromatic heterocycles. The van der Waals surface area contributed by atoms with Gasteiger partial charge in [0.05, 0.1) is 28.9 Å². The number of amides is 1. The Hall–Kier alpha value is -3.56. The van der Waals surface area contributed by atoms with Crippen LogP contribution < -0.4 is 0 Å². The van der Waals surface area contributed by atoms with Crippen LogP contribution in [0.4, 0.5) is 8.78 Å². The summed E-state index contributed by atoms with van der Waals surface area (Å²) in [6.45, 7) is 0.416. The highest BCUT2D eigenvalue weighted by molar-refractivity contribution is 5.93. The van der Waals surface area contributed by atoms with Gasteiger partial charge >= 0.3 is 0 Å². The molecule has 0 saturated heterocycles. The molecule has 1 aliphatic carbocycles. The van der Waals surface area contributed by atoms with Crippen molar-refractivity contribution in [1.29, 1.82) is 0 Å². The molecule has 0 spiro atoms. The minimum atomic E-state index is -2.67. The number of alkyl halides is 2. The fourth-order valence-corrected chi connectivity index (χ4v) is 4.34. The third-order valence-corrected chi connectivity index (χ3v) is 5.98. The van der Waals surface area contributed by atoms with Crippen LogP contribution in [0.25, 0.3) is 5.52 Å². The molecule has 6 rings (SSSR count). The summed E-state index contributed by atoms with van der Waals surface area (Å²) in [4.78, 5) is 27.0. The largest absolute Gasteiger partial charge is 0.438 e. The highest BCUT2D eigenvalue weighted by Crippen LogP contribution is 2.42. The molecule has 2 aliphatic rings. The minimum absolute atomic E-state index is 0.203. The van der Waals surface area contributed by atoms with Gasteiger partial charge in [0.2, 0.25) is 5.76 Å². The number of rotatable bonds is 4. The van der Waals surface area contributed by atoms with E-state index in [1.54, 1.807) is 29.4 Å². The first kappa shape index (κ1) is 18.2. The van der Waals surface area contributed by atoms with Gasteiger partial charge in [0.15, 0.2) is 6.39 Å². The number of hydrogen-bond acceptors (Lipinski definition) is 5. The maximum Gasteiger partial charge on any atom is 0.292 e. The van der Waals surface area contributed by atoms with E-state index >= 15 is 0 Å². The number of carbonyl (C=O) groups excluding carboxylic acids is 1. The fraction of sp³-hybridized carbons (Fsp3) is 0.333. The molecule has 31 heavy (non-hydrogen) atoms. The summed E-state index contributed by atoms with van der Waals surface area (Å²) in [5, 5.41) is 4.46. The van der Waals surface area contributed by atoms with Gasteiger partial charge < -0.3 is 14.3 Å². The SMILES string of the molecule is O=C(c1ocnc1C1CC1)N1CCc2[nH]cnc2[C@@H]1c1cc2cccc(C(F)F)n2n1. The van der Waals surface area contributed by atoms with Crippen molar-refractivity contribution in [3.8, 4) is 0 Å². The molecule has 0 unspecified atom stereocenters. The molecule has 0 bridgehead atoms. The summed E-state index contributed by atoms with van der Waals surface area (Å²) in [6, 6.07) is 5.73. The van der Waals surface area contributed by atoms with Crippen molar-refractivity contribution in [3.63, 3.8) is 0 Å². The van der Waals surface area contributed by atoms with E-state index in [1.807, 2.05) is 0 Å². The average Bonchev–Trinajstić information content (AvgIpc) is 3.19. The molecule has 158 valence electrons. The van der Waals surface area contributed by atoms with Crippen LogP contribution in [0.5, 0.6) is 0 Å². The molecule has 4 aromatic rings. The van der Waals surface area contributed by atoms with Gasteiger partial charge in [-0.25, -0.2) is 23.3 Å². The number of imidazole rings is 1. The lowest BCUT2D eigenvalue weighted by molar-refractivity contribution is 0.0652. The Balaban J connectivity index is 1.47. The van der Waals surface area contributed by atoms with Gasteiger partial charge in [-0.05, 0) is 31.0 Å². The van der Waals surface area contributed by atoms with Crippen molar-refractivity contribution in [2.24, 2.45) is 0 Å². The minimum Gasteiger partial charge on any atom is -0.438 e. The van der Waals surface area contributed by atoms with Crippen LogP contribution in [0.3, 0.4) is 0 Å². The van der Waals surface area contributed by atoms with Crippen LogP contribution in [-0.2, 0) is 6.42 Å². The second-order valence-corrected chi connectivity index (χ2v) is 7.92. The molecule has 1 N–H and O–H groups in total. The number of pyridine rings is 1. The molecule has 10 heteroatoms. The van der Waals surface area contributed by atoms with Crippen molar-refractivity contribution >= 4 is 11.4 Å². The Morgan fingerprint density at radius 3 is 2.90 bits per heavy atom. The van der Waals surface area contributed by atoms with Crippen molar-refractivity contribution in [2.75, 3.05) is 6.54 Å². The van der Waals surface area contributed by atoms with E-state index in [-0.39, 0.29) is 23.3 Å². The van der Waals surface area contributed by atoms with Gasteiger partial charge in [0, 0.05) is 24.6 Å². The van der Waals surface area contributed by atoms with Crippen LogP contribution in [-0.4, -0.2) is 41.9 Å². The number of halogens is 2. The van der Waals surface area contributed by atoms with Crippen molar-refractivity contribution in [1.82, 2.24) is 29.5 Å². The second-order valence-electron chi connectivity index (χ2n) is 7.92. The van der Waals surface area contributed by atoms with Gasteiger partial charge in [-0.1, -0.05) is 6.07 Å². The van der Waals surface area contributed by atoms with E-state index in [1.165, 1.54) is 17.0 Å². The lowest BCUT2D eigenvalue weighted by atomic mass is 9.99. The summed E-state index contributed by atoms with van der Waals surface area (Å²) >= 11 is 0. The van der Waals surface area contributed by atoms with E-state index in [2.05, 4.69) is 20.1 Å². The van der Waals surface area contributed by atoms with E-state index in [0.717, 1.165) is 18.5 Å². The molecule has 5 heterocycles. The van der Waals surface area contributed by atoms with Crippen molar-refractivity contribution < 1.29 is 18.0 Å². The van der Waals surface area contributed by atoms with Gasteiger partial charge in [0.1, 0.15) is 11.7 Å². The fourth-order valence-electron chi connectivity index (χ4n) is 4.34. The highest BCUT2D eigenvalue weighted by Gasteiger charge is 2.40. The first-order chi connectivity index (χ1) is 15.1. The summed E-state index contributed by atoms with van der Waals surface area (Å²) in [5.74, 6) is 0.207. The van der Waals surface area contributed by atoms with Crippen molar-refractivity contribution in [2.45, 2.75) is 37.6 Å². The predicted molar refractivity (Wildman–Crippen MR) is 104 cm³/mol. The van der Waals surface area contributed by atoms with E-state index < -0.39 is 12.5 Å². The smallest absolute Gasteiger partial charge is 0.292 e. The monoisotopic (exact) mass is 424 g/mol. The van der Waals surface area contributed by atoms with Crippen LogP contribution in [0.1, 0.15) is 70.3 Å². The number of carbonyl (C=O) groups is 1. The van der Waals surface area contributed by atoms with Gasteiger partial charge in [0.25, 0.3) is 12.3 Å².